The maximum atomic E-state index is 6.37. The lowest BCUT2D eigenvalue weighted by Crippen LogP contribution is -2.60. The molecule has 4 fully saturated rings. The molecule has 9 aliphatic rings. The Morgan fingerprint density at radius 3 is 2.45 bits per heavy atom. The molecule has 1 aliphatic carbocycles. The number of rotatable bonds is 3. The molecule has 10 heterocycles. The Morgan fingerprint density at radius 2 is 1.62 bits per heavy atom. The summed E-state index contributed by atoms with van der Waals surface area (Å²) in [6.07, 6.45) is 8.24. The van der Waals surface area contributed by atoms with Crippen molar-refractivity contribution in [1.82, 2.24) is 25.0 Å². The average molecular weight is 559 g/mol. The van der Waals surface area contributed by atoms with Crippen LogP contribution < -0.4 is 14.5 Å². The van der Waals surface area contributed by atoms with E-state index >= 15 is 0 Å². The van der Waals surface area contributed by atoms with Gasteiger partial charge in [0.05, 0.1) is 11.3 Å². The molecule has 3 aromatic rings. The molecule has 1 saturated carbocycles. The molecule has 0 radical (unpaired) electrons. The normalized spacial score (nSPS) is 28.0. The minimum atomic E-state index is 0.493. The predicted molar refractivity (Wildman–Crippen MR) is 161 cm³/mol. The van der Waals surface area contributed by atoms with Crippen molar-refractivity contribution in [3.8, 4) is 22.9 Å². The van der Waals surface area contributed by atoms with Crippen LogP contribution in [0.15, 0.2) is 40.9 Å². The van der Waals surface area contributed by atoms with E-state index in [-0.39, 0.29) is 0 Å². The summed E-state index contributed by atoms with van der Waals surface area (Å²) in [5.74, 6) is 2.12. The van der Waals surface area contributed by atoms with Gasteiger partial charge in [-0.25, -0.2) is 4.98 Å². The zero-order valence-corrected chi connectivity index (χ0v) is 23.9. The van der Waals surface area contributed by atoms with Crippen molar-refractivity contribution in [2.24, 2.45) is 5.41 Å². The van der Waals surface area contributed by atoms with E-state index in [4.69, 9.17) is 4.42 Å². The highest BCUT2D eigenvalue weighted by molar-refractivity contribution is 8.01. The first kappa shape index (κ1) is 24.9. The molecular formula is C30H38N8OS. The van der Waals surface area contributed by atoms with Crippen molar-refractivity contribution in [1.29, 1.82) is 0 Å². The molecule has 3 saturated heterocycles. The number of nitrogens with zero attached hydrogens (tertiary/aromatic N) is 7. The van der Waals surface area contributed by atoms with Gasteiger partial charge in [0.15, 0.2) is 0 Å². The van der Waals surface area contributed by atoms with E-state index in [0.29, 0.717) is 17.2 Å². The van der Waals surface area contributed by atoms with Crippen LogP contribution in [0.2, 0.25) is 0 Å². The highest BCUT2D eigenvalue weighted by Crippen LogP contribution is 2.44. The Labute approximate surface area is 240 Å². The molecule has 12 rings (SSSR count). The van der Waals surface area contributed by atoms with Crippen molar-refractivity contribution < 1.29 is 4.42 Å². The zero-order chi connectivity index (χ0) is 26.5. The van der Waals surface area contributed by atoms with Gasteiger partial charge in [0.2, 0.25) is 11.8 Å². The summed E-state index contributed by atoms with van der Waals surface area (Å²) in [7, 11) is 0. The van der Waals surface area contributed by atoms with Gasteiger partial charge in [0.25, 0.3) is 0 Å². The van der Waals surface area contributed by atoms with E-state index in [1.54, 1.807) is 0 Å². The summed E-state index contributed by atoms with van der Waals surface area (Å²) in [6, 6.07) is 10.7. The maximum Gasteiger partial charge on any atom is 0.250 e. The van der Waals surface area contributed by atoms with Gasteiger partial charge in [-0.15, -0.1) is 10.2 Å². The van der Waals surface area contributed by atoms with Gasteiger partial charge in [-0.3, -0.25) is 4.90 Å². The third-order valence-electron chi connectivity index (χ3n) is 9.44. The van der Waals surface area contributed by atoms with Crippen LogP contribution in [0.1, 0.15) is 32.1 Å². The lowest BCUT2D eigenvalue weighted by atomic mass is 9.72. The summed E-state index contributed by atoms with van der Waals surface area (Å²) >= 11 is 1.85. The topological polar surface area (TPSA) is 76.8 Å². The highest BCUT2D eigenvalue weighted by Gasteiger charge is 2.44. The summed E-state index contributed by atoms with van der Waals surface area (Å²) in [5.41, 5.74) is 4.78. The molecule has 1 N–H and O–H groups in total. The van der Waals surface area contributed by atoms with Crippen LogP contribution in [0.5, 0.6) is 0 Å². The minimum Gasteiger partial charge on any atom is -0.416 e. The van der Waals surface area contributed by atoms with Gasteiger partial charge in [-0.05, 0) is 92.9 Å². The average Bonchev–Trinajstić information content (AvgIpc) is 3.69. The lowest BCUT2D eigenvalue weighted by molar-refractivity contribution is -0.0199. The fourth-order valence-electron chi connectivity index (χ4n) is 6.87. The van der Waals surface area contributed by atoms with Gasteiger partial charge in [0, 0.05) is 75.1 Å². The van der Waals surface area contributed by atoms with Crippen molar-refractivity contribution in [3.05, 3.63) is 36.5 Å². The van der Waals surface area contributed by atoms with E-state index in [0.717, 1.165) is 67.2 Å². The Hall–Kier alpha value is -2.82. The van der Waals surface area contributed by atoms with E-state index in [9.17, 15) is 0 Å². The molecular weight excluding hydrogens is 520 g/mol. The van der Waals surface area contributed by atoms with Crippen LogP contribution in [-0.2, 0) is 0 Å². The quantitative estimate of drug-likeness (QED) is 0.466. The number of piperidine rings is 1. The van der Waals surface area contributed by atoms with Crippen molar-refractivity contribution in [2.75, 3.05) is 80.0 Å². The molecule has 2 aromatic heterocycles. The molecule has 0 amide bonds. The number of anilines is 3. The van der Waals surface area contributed by atoms with Crippen LogP contribution in [0.25, 0.3) is 22.9 Å². The second-order valence-corrected chi connectivity index (χ2v) is 13.5. The van der Waals surface area contributed by atoms with E-state index in [1.807, 2.05) is 24.2 Å². The third-order valence-corrected chi connectivity index (χ3v) is 10.6. The fourth-order valence-corrected chi connectivity index (χ4v) is 7.67. The number of piperazine rings is 1. The Kier molecular flexibility index (Phi) is 6.37. The van der Waals surface area contributed by atoms with Crippen LogP contribution in [0.4, 0.5) is 17.2 Å². The number of nitrogens with one attached hydrogen (secondary N) is 1. The second kappa shape index (κ2) is 10.2. The van der Waals surface area contributed by atoms with Gasteiger partial charge < -0.3 is 23.8 Å². The summed E-state index contributed by atoms with van der Waals surface area (Å²) < 4.78 is 9.97. The van der Waals surface area contributed by atoms with Crippen LogP contribution in [0.3, 0.4) is 0 Å². The van der Waals surface area contributed by atoms with E-state index < -0.39 is 0 Å². The Morgan fingerprint density at radius 1 is 0.825 bits per heavy atom. The first-order valence-electron chi connectivity index (χ1n) is 15.0. The smallest absolute Gasteiger partial charge is 0.250 e. The third kappa shape index (κ3) is 4.94. The SMILES string of the molecule is c1cc2cc(n1)N1CCN(CCCN3CC4(CCN(CC4)c4cc(NSC5CC5)ccc4-c4nnc-2o4)C3)CC1. The zero-order valence-electron chi connectivity index (χ0n) is 23.1. The summed E-state index contributed by atoms with van der Waals surface area (Å²) in [4.78, 5) is 14.9. The molecule has 0 unspecified atom stereocenters. The van der Waals surface area contributed by atoms with Crippen LogP contribution >= 0.6 is 11.9 Å². The first-order valence-corrected chi connectivity index (χ1v) is 15.9. The standard InChI is InChI=1S/C30H38N8OS/c1-10-35-14-16-38(17-15-35)27-18-22(6-9-31-27)28-32-33-29(39-28)25-5-2-23(34-40-24-3-4-24)19-26(25)37-12-7-30(8-13-37)20-36(11-1)21-30/h2,5-6,9,18-19,24,34H,1,3-4,7-8,10-17,20-21H2. The van der Waals surface area contributed by atoms with Gasteiger partial charge in [-0.2, -0.15) is 0 Å². The number of pyridine rings is 1. The van der Waals surface area contributed by atoms with Gasteiger partial charge in [0.1, 0.15) is 5.82 Å². The van der Waals surface area contributed by atoms with E-state index in [2.05, 4.69) is 63.8 Å². The molecule has 10 heteroatoms. The highest BCUT2D eigenvalue weighted by atomic mass is 32.2. The fraction of sp³-hybridized carbons (Fsp3) is 0.567. The number of hydrogen-bond acceptors (Lipinski definition) is 10. The largest absolute Gasteiger partial charge is 0.416 e. The molecule has 210 valence electrons. The molecule has 9 nitrogen and oxygen atoms in total. The molecule has 9 bridgehead atoms. The number of hydrogen-bond donors (Lipinski definition) is 1. The summed E-state index contributed by atoms with van der Waals surface area (Å²) in [6.45, 7) is 11.2. The number of aromatic nitrogens is 3. The molecule has 8 aliphatic heterocycles. The Balaban J connectivity index is 1.13. The summed E-state index contributed by atoms with van der Waals surface area (Å²) in [5, 5.41) is 9.80. The molecule has 0 atom stereocenters. The van der Waals surface area contributed by atoms with Crippen molar-refractivity contribution in [3.63, 3.8) is 0 Å². The van der Waals surface area contributed by atoms with Crippen LogP contribution in [-0.4, -0.2) is 95.7 Å². The van der Waals surface area contributed by atoms with Crippen LogP contribution in [0, 0.1) is 5.41 Å². The predicted octanol–water partition coefficient (Wildman–Crippen LogP) is 4.45. The van der Waals surface area contributed by atoms with E-state index in [1.165, 1.54) is 64.0 Å². The molecule has 40 heavy (non-hydrogen) atoms. The second-order valence-electron chi connectivity index (χ2n) is 12.3. The molecule has 1 aromatic carbocycles. The molecule has 1 spiro atoms. The minimum absolute atomic E-state index is 0.493. The van der Waals surface area contributed by atoms with Crippen molar-refractivity contribution in [2.45, 2.75) is 37.4 Å². The van der Waals surface area contributed by atoms with Gasteiger partial charge >= 0.3 is 0 Å². The van der Waals surface area contributed by atoms with Gasteiger partial charge in [-0.1, -0.05) is 0 Å². The monoisotopic (exact) mass is 558 g/mol. The first-order chi connectivity index (χ1) is 19.7. The maximum absolute atomic E-state index is 6.37. The number of benzene rings is 1. The van der Waals surface area contributed by atoms with Crippen molar-refractivity contribution >= 4 is 29.1 Å². The Bertz CT molecular complexity index is 1350. The lowest BCUT2D eigenvalue weighted by Gasteiger charge is -2.54.